The van der Waals surface area contributed by atoms with Crippen molar-refractivity contribution >= 4 is 51.4 Å². The van der Waals surface area contributed by atoms with E-state index in [1.165, 1.54) is 5.39 Å². The lowest BCUT2D eigenvalue weighted by molar-refractivity contribution is -0.140. The number of fused-ring (bicyclic) bond motifs is 2. The van der Waals surface area contributed by atoms with Crippen molar-refractivity contribution in [1.29, 1.82) is 0 Å². The highest BCUT2D eigenvalue weighted by Crippen LogP contribution is 2.49. The average molecular weight is 592 g/mol. The van der Waals surface area contributed by atoms with Gasteiger partial charge in [0.25, 0.3) is 11.8 Å². The highest BCUT2D eigenvalue weighted by Gasteiger charge is 2.56. The van der Waals surface area contributed by atoms with Gasteiger partial charge in [-0.2, -0.15) is 10.1 Å². The topological polar surface area (TPSA) is 68.2 Å². The SMILES string of the molecule is COc1cc(/C=N\N2C(=O)[C@@H]3[C@H](C2=O)[C@H]2C=C[C@H]3CC2)cc(I)c1OCc1cccc2ccccc12. The third-order valence-electron chi connectivity index (χ3n) is 7.56. The zero-order valence-electron chi connectivity index (χ0n) is 19.8. The Hall–Kier alpha value is -3.20. The fraction of sp³-hybridized carbons (Fsp3) is 0.276. The summed E-state index contributed by atoms with van der Waals surface area (Å²) in [6, 6.07) is 18.1. The maximum Gasteiger partial charge on any atom is 0.254 e. The first-order valence-corrected chi connectivity index (χ1v) is 13.2. The van der Waals surface area contributed by atoms with E-state index in [4.69, 9.17) is 9.47 Å². The number of imide groups is 1. The fourth-order valence-electron chi connectivity index (χ4n) is 5.82. The Morgan fingerprint density at radius 2 is 1.69 bits per heavy atom. The molecular formula is C29H25IN2O4. The zero-order chi connectivity index (χ0) is 24.8. The van der Waals surface area contributed by atoms with Crippen molar-refractivity contribution in [3.8, 4) is 11.5 Å². The van der Waals surface area contributed by atoms with Crippen LogP contribution in [-0.4, -0.2) is 30.1 Å². The number of carbonyl (C=O) groups is 2. The molecule has 4 aliphatic rings. The quantitative estimate of drug-likeness (QED) is 0.163. The molecule has 3 aromatic rings. The predicted molar refractivity (Wildman–Crippen MR) is 146 cm³/mol. The second-order valence-corrected chi connectivity index (χ2v) is 10.7. The standard InChI is InChI=1S/C29H25IN2O4/c1-35-24-14-17(15-31-32-28(33)25-19-9-10-20(12-11-19)26(25)29(32)34)13-23(30)27(24)36-16-21-7-4-6-18-5-2-3-8-22(18)21/h2-10,13-15,19-20,25-26H,11-12,16H2,1H3/b31-15-/t19-,20-,25-,26+/m0/s1. The number of rotatable bonds is 6. The number of hydrazone groups is 1. The molecule has 1 saturated carbocycles. The molecule has 7 rings (SSSR count). The van der Waals surface area contributed by atoms with Gasteiger partial charge in [0, 0.05) is 0 Å². The van der Waals surface area contributed by atoms with E-state index in [-0.39, 0.29) is 35.5 Å². The van der Waals surface area contributed by atoms with Crippen LogP contribution >= 0.6 is 22.6 Å². The van der Waals surface area contributed by atoms with Gasteiger partial charge in [-0.3, -0.25) is 9.59 Å². The van der Waals surface area contributed by atoms with Gasteiger partial charge in [0.05, 0.1) is 28.7 Å². The largest absolute Gasteiger partial charge is 0.493 e. The Kier molecular flexibility index (Phi) is 6.03. The van der Waals surface area contributed by atoms with Gasteiger partial charge in [-0.1, -0.05) is 54.6 Å². The van der Waals surface area contributed by atoms with E-state index < -0.39 is 0 Å². The van der Waals surface area contributed by atoms with Crippen LogP contribution in [0.1, 0.15) is 24.0 Å². The van der Waals surface area contributed by atoms with Crippen LogP contribution in [-0.2, 0) is 16.2 Å². The van der Waals surface area contributed by atoms with E-state index >= 15 is 0 Å². The second kappa shape index (κ2) is 9.35. The van der Waals surface area contributed by atoms with Gasteiger partial charge in [-0.05, 0) is 81.3 Å². The third kappa shape index (κ3) is 3.89. The molecule has 0 unspecified atom stereocenters. The van der Waals surface area contributed by atoms with Crippen molar-refractivity contribution in [1.82, 2.24) is 5.01 Å². The lowest BCUT2D eigenvalue weighted by Crippen LogP contribution is -2.38. The van der Waals surface area contributed by atoms with E-state index in [9.17, 15) is 9.59 Å². The molecule has 0 spiro atoms. The van der Waals surface area contributed by atoms with Crippen LogP contribution in [0.2, 0.25) is 0 Å². The maximum absolute atomic E-state index is 13.0. The Morgan fingerprint density at radius 3 is 2.39 bits per heavy atom. The number of methoxy groups -OCH3 is 1. The minimum atomic E-state index is -0.266. The number of hydrogen-bond donors (Lipinski definition) is 0. The van der Waals surface area contributed by atoms with Crippen LogP contribution in [0.5, 0.6) is 11.5 Å². The summed E-state index contributed by atoms with van der Waals surface area (Å²) >= 11 is 2.21. The van der Waals surface area contributed by atoms with Gasteiger partial charge in [-0.15, -0.1) is 0 Å². The summed E-state index contributed by atoms with van der Waals surface area (Å²) in [6.45, 7) is 0.400. The van der Waals surface area contributed by atoms with Gasteiger partial charge in [-0.25, -0.2) is 0 Å². The fourth-order valence-corrected chi connectivity index (χ4v) is 6.60. The van der Waals surface area contributed by atoms with Crippen LogP contribution < -0.4 is 9.47 Å². The number of carbonyl (C=O) groups excluding carboxylic acids is 2. The molecule has 2 fully saturated rings. The van der Waals surface area contributed by atoms with Crippen molar-refractivity contribution in [3.63, 3.8) is 0 Å². The van der Waals surface area contributed by atoms with Crippen molar-refractivity contribution in [2.24, 2.45) is 28.8 Å². The number of hydrogen-bond acceptors (Lipinski definition) is 5. The number of nitrogens with zero attached hydrogens (tertiary/aromatic N) is 2. The Morgan fingerprint density at radius 1 is 1.00 bits per heavy atom. The number of amides is 2. The molecule has 7 heteroatoms. The highest BCUT2D eigenvalue weighted by atomic mass is 127. The van der Waals surface area contributed by atoms with Crippen molar-refractivity contribution in [2.45, 2.75) is 19.4 Å². The first kappa shape index (κ1) is 23.2. The van der Waals surface area contributed by atoms with Crippen LogP contribution in [0.3, 0.4) is 0 Å². The summed E-state index contributed by atoms with van der Waals surface area (Å²) in [4.78, 5) is 26.1. The summed E-state index contributed by atoms with van der Waals surface area (Å²) in [5.74, 6) is 0.611. The van der Waals surface area contributed by atoms with Crippen molar-refractivity contribution in [3.05, 3.63) is 81.4 Å². The van der Waals surface area contributed by atoms with Gasteiger partial charge in [0.2, 0.25) is 0 Å². The van der Waals surface area contributed by atoms with E-state index in [0.717, 1.165) is 37.9 Å². The summed E-state index contributed by atoms with van der Waals surface area (Å²) < 4.78 is 12.7. The van der Waals surface area contributed by atoms with Gasteiger partial charge >= 0.3 is 0 Å². The molecule has 3 aliphatic carbocycles. The van der Waals surface area contributed by atoms with Crippen LogP contribution in [0.4, 0.5) is 0 Å². The van der Waals surface area contributed by atoms with E-state index in [0.29, 0.717) is 18.1 Å². The van der Waals surface area contributed by atoms with Gasteiger partial charge < -0.3 is 9.47 Å². The monoisotopic (exact) mass is 592 g/mol. The molecule has 0 radical (unpaired) electrons. The van der Waals surface area contributed by atoms with Crippen LogP contribution in [0.15, 0.2) is 71.9 Å². The predicted octanol–water partition coefficient (Wildman–Crippen LogP) is 5.56. The third-order valence-corrected chi connectivity index (χ3v) is 8.36. The Bertz CT molecular complexity index is 1390. The zero-order valence-corrected chi connectivity index (χ0v) is 21.9. The van der Waals surface area contributed by atoms with Crippen molar-refractivity contribution < 1.29 is 19.1 Å². The first-order valence-electron chi connectivity index (χ1n) is 12.1. The summed E-state index contributed by atoms with van der Waals surface area (Å²) in [5.41, 5.74) is 1.82. The van der Waals surface area contributed by atoms with Gasteiger partial charge in [0.15, 0.2) is 11.5 Å². The van der Waals surface area contributed by atoms with E-state index in [1.807, 2.05) is 30.3 Å². The second-order valence-electron chi connectivity index (χ2n) is 9.54. The number of allylic oxidation sites excluding steroid dienone is 2. The Labute approximate surface area is 223 Å². The van der Waals surface area contributed by atoms with Crippen LogP contribution in [0.25, 0.3) is 10.8 Å². The molecular weight excluding hydrogens is 567 g/mol. The molecule has 0 aromatic heterocycles. The molecule has 2 bridgehead atoms. The first-order chi connectivity index (χ1) is 17.5. The lowest BCUT2D eigenvalue weighted by Gasteiger charge is -2.37. The van der Waals surface area contributed by atoms with Crippen molar-refractivity contribution in [2.75, 3.05) is 7.11 Å². The lowest BCUT2D eigenvalue weighted by atomic mass is 9.63. The molecule has 182 valence electrons. The number of benzene rings is 3. The normalized spacial score (nSPS) is 24.7. The minimum absolute atomic E-state index is 0.149. The molecule has 6 nitrogen and oxygen atoms in total. The summed E-state index contributed by atoms with van der Waals surface area (Å²) in [6.07, 6.45) is 7.71. The molecule has 36 heavy (non-hydrogen) atoms. The molecule has 1 saturated heterocycles. The van der Waals surface area contributed by atoms with E-state index in [2.05, 4.69) is 64.1 Å². The average Bonchev–Trinajstić information content (AvgIpc) is 3.18. The van der Waals surface area contributed by atoms with E-state index in [1.54, 1.807) is 13.3 Å². The van der Waals surface area contributed by atoms with Gasteiger partial charge in [0.1, 0.15) is 6.61 Å². The molecule has 3 aromatic carbocycles. The minimum Gasteiger partial charge on any atom is -0.493 e. The summed E-state index contributed by atoms with van der Waals surface area (Å²) in [5, 5.41) is 7.74. The molecule has 0 N–H and O–H groups in total. The number of ether oxygens (including phenoxy) is 2. The molecule has 4 atom stereocenters. The molecule has 1 heterocycles. The summed E-state index contributed by atoms with van der Waals surface area (Å²) in [7, 11) is 1.60. The number of halogens is 1. The smallest absolute Gasteiger partial charge is 0.254 e. The van der Waals surface area contributed by atoms with Crippen LogP contribution in [0, 0.1) is 27.2 Å². The maximum atomic E-state index is 13.0. The molecule has 1 aliphatic heterocycles. The highest BCUT2D eigenvalue weighted by molar-refractivity contribution is 14.1. The molecule has 2 amide bonds. The Balaban J connectivity index is 1.22.